The number of nitrogens with zero attached hydrogens (tertiary/aromatic N) is 3. The molecular weight excluding hydrogens is 340 g/mol. The summed E-state index contributed by atoms with van der Waals surface area (Å²) in [4.78, 5) is 15.3. The van der Waals surface area contributed by atoms with Gasteiger partial charge in [-0.1, -0.05) is 24.3 Å². The molecule has 3 aromatic rings. The number of ether oxygens (including phenoxy) is 1. The average molecular weight is 362 g/mol. The van der Waals surface area contributed by atoms with Gasteiger partial charge in [0, 0.05) is 24.0 Å². The van der Waals surface area contributed by atoms with Crippen molar-refractivity contribution in [3.05, 3.63) is 71.0 Å². The van der Waals surface area contributed by atoms with Gasteiger partial charge in [-0.3, -0.25) is 14.4 Å². The first-order valence-electron chi connectivity index (χ1n) is 8.85. The summed E-state index contributed by atoms with van der Waals surface area (Å²) in [5.74, 6) is 0.581. The molecular formula is C21H22N4O2. The molecule has 1 aromatic heterocycles. The lowest BCUT2D eigenvalue weighted by Crippen LogP contribution is -2.43. The highest BCUT2D eigenvalue weighted by Crippen LogP contribution is 2.41. The van der Waals surface area contributed by atoms with Crippen LogP contribution in [0.5, 0.6) is 5.75 Å². The maximum absolute atomic E-state index is 13.5. The van der Waals surface area contributed by atoms with Gasteiger partial charge in [0.2, 0.25) is 0 Å². The SMILES string of the molecule is COc1ccccc1N1C(=O)c2ccccc2N[C@@H]1c1c(C)nn(C)c1C. The minimum absolute atomic E-state index is 0.0681. The second-order valence-electron chi connectivity index (χ2n) is 6.65. The molecule has 4 rings (SSSR count). The third-order valence-electron chi connectivity index (χ3n) is 5.11. The normalized spacial score (nSPS) is 16.1. The molecule has 138 valence electrons. The first-order chi connectivity index (χ1) is 13.0. The number of carbonyl (C=O) groups excluding carboxylic acids is 1. The van der Waals surface area contributed by atoms with Gasteiger partial charge in [0.25, 0.3) is 5.91 Å². The zero-order valence-electron chi connectivity index (χ0n) is 15.9. The van der Waals surface area contributed by atoms with Crippen LogP contribution < -0.4 is 15.0 Å². The summed E-state index contributed by atoms with van der Waals surface area (Å²) in [5.41, 5.74) is 5.07. The number of methoxy groups -OCH3 is 1. The number of fused-ring (bicyclic) bond motifs is 1. The van der Waals surface area contributed by atoms with Crippen LogP contribution in [0.4, 0.5) is 11.4 Å². The van der Waals surface area contributed by atoms with E-state index in [4.69, 9.17) is 4.74 Å². The van der Waals surface area contributed by atoms with Crippen LogP contribution >= 0.6 is 0 Å². The standard InChI is InChI=1S/C21H22N4O2/c1-13-19(14(2)24(3)23-13)20-22-16-10-6-5-9-15(16)21(26)25(20)17-11-7-8-12-18(17)27-4/h5-12,20,22H,1-4H3/t20-/m0/s1. The minimum Gasteiger partial charge on any atom is -0.495 e. The topological polar surface area (TPSA) is 59.4 Å². The Morgan fingerprint density at radius 1 is 1.07 bits per heavy atom. The molecule has 0 aliphatic carbocycles. The Morgan fingerprint density at radius 3 is 2.48 bits per heavy atom. The number of para-hydroxylation sites is 3. The molecule has 1 aliphatic heterocycles. The quantitative estimate of drug-likeness (QED) is 0.770. The molecule has 27 heavy (non-hydrogen) atoms. The lowest BCUT2D eigenvalue weighted by Gasteiger charge is -2.38. The number of aryl methyl sites for hydroxylation is 2. The van der Waals surface area contributed by atoms with E-state index in [1.807, 2.05) is 74.1 Å². The number of hydrogen-bond acceptors (Lipinski definition) is 4. The van der Waals surface area contributed by atoms with E-state index in [-0.39, 0.29) is 12.1 Å². The number of nitrogens with one attached hydrogen (secondary N) is 1. The molecule has 1 N–H and O–H groups in total. The Morgan fingerprint density at radius 2 is 1.78 bits per heavy atom. The van der Waals surface area contributed by atoms with Crippen molar-refractivity contribution in [2.45, 2.75) is 20.0 Å². The molecule has 1 aliphatic rings. The smallest absolute Gasteiger partial charge is 0.262 e. The Labute approximate surface area is 158 Å². The van der Waals surface area contributed by atoms with Gasteiger partial charge < -0.3 is 10.1 Å². The first-order valence-corrected chi connectivity index (χ1v) is 8.85. The highest BCUT2D eigenvalue weighted by atomic mass is 16.5. The number of rotatable bonds is 3. The van der Waals surface area contributed by atoms with E-state index in [9.17, 15) is 4.79 Å². The average Bonchev–Trinajstić information content (AvgIpc) is 2.93. The van der Waals surface area contributed by atoms with E-state index in [0.29, 0.717) is 11.3 Å². The lowest BCUT2D eigenvalue weighted by molar-refractivity contribution is 0.0974. The van der Waals surface area contributed by atoms with Gasteiger partial charge in [-0.25, -0.2) is 0 Å². The van der Waals surface area contributed by atoms with Crippen LogP contribution in [0.2, 0.25) is 0 Å². The molecule has 1 amide bonds. The number of amides is 1. The van der Waals surface area contributed by atoms with Crippen molar-refractivity contribution in [2.75, 3.05) is 17.3 Å². The second kappa shape index (κ2) is 6.46. The summed E-state index contributed by atoms with van der Waals surface area (Å²) in [6, 6.07) is 15.1. The summed E-state index contributed by atoms with van der Waals surface area (Å²) in [5, 5.41) is 8.08. The summed E-state index contributed by atoms with van der Waals surface area (Å²) in [6.45, 7) is 3.98. The van der Waals surface area contributed by atoms with Crippen LogP contribution in [-0.4, -0.2) is 22.8 Å². The van der Waals surface area contributed by atoms with E-state index >= 15 is 0 Å². The van der Waals surface area contributed by atoms with Crippen LogP contribution in [0.3, 0.4) is 0 Å². The molecule has 0 spiro atoms. The number of aromatic nitrogens is 2. The van der Waals surface area contributed by atoms with Gasteiger partial charge in [0.05, 0.1) is 24.1 Å². The van der Waals surface area contributed by atoms with Gasteiger partial charge >= 0.3 is 0 Å². The van der Waals surface area contributed by atoms with Crippen molar-refractivity contribution < 1.29 is 9.53 Å². The van der Waals surface area contributed by atoms with Crippen LogP contribution in [-0.2, 0) is 7.05 Å². The molecule has 0 bridgehead atoms. The van der Waals surface area contributed by atoms with E-state index < -0.39 is 0 Å². The van der Waals surface area contributed by atoms with Gasteiger partial charge in [0.1, 0.15) is 11.9 Å². The molecule has 2 aromatic carbocycles. The monoisotopic (exact) mass is 362 g/mol. The molecule has 6 heteroatoms. The van der Waals surface area contributed by atoms with Crippen molar-refractivity contribution in [3.63, 3.8) is 0 Å². The summed E-state index contributed by atoms with van der Waals surface area (Å²) >= 11 is 0. The van der Waals surface area contributed by atoms with E-state index in [0.717, 1.165) is 28.3 Å². The third kappa shape index (κ3) is 2.65. The highest BCUT2D eigenvalue weighted by molar-refractivity contribution is 6.12. The molecule has 0 saturated heterocycles. The summed E-state index contributed by atoms with van der Waals surface area (Å²) < 4.78 is 7.39. The molecule has 0 unspecified atom stereocenters. The van der Waals surface area contributed by atoms with Gasteiger partial charge in [-0.15, -0.1) is 0 Å². The highest BCUT2D eigenvalue weighted by Gasteiger charge is 2.37. The van der Waals surface area contributed by atoms with Crippen molar-refractivity contribution in [2.24, 2.45) is 7.05 Å². The largest absolute Gasteiger partial charge is 0.495 e. The third-order valence-corrected chi connectivity index (χ3v) is 5.11. The molecule has 1 atom stereocenters. The van der Waals surface area contributed by atoms with Crippen molar-refractivity contribution in [1.82, 2.24) is 9.78 Å². The molecule has 0 fully saturated rings. The van der Waals surface area contributed by atoms with Crippen LogP contribution in [0, 0.1) is 13.8 Å². The Bertz CT molecular complexity index is 1020. The van der Waals surface area contributed by atoms with Crippen LogP contribution in [0.25, 0.3) is 0 Å². The fourth-order valence-electron chi connectivity index (χ4n) is 3.72. The maximum Gasteiger partial charge on any atom is 0.262 e. The summed E-state index contributed by atoms with van der Waals surface area (Å²) in [7, 11) is 3.53. The molecule has 0 radical (unpaired) electrons. The number of benzene rings is 2. The van der Waals surface area contributed by atoms with E-state index in [1.54, 1.807) is 12.0 Å². The minimum atomic E-state index is -0.377. The maximum atomic E-state index is 13.5. The van der Waals surface area contributed by atoms with Crippen molar-refractivity contribution >= 4 is 17.3 Å². The van der Waals surface area contributed by atoms with E-state index in [1.165, 1.54) is 0 Å². The zero-order valence-corrected chi connectivity index (χ0v) is 15.9. The number of carbonyl (C=O) groups is 1. The van der Waals surface area contributed by atoms with Crippen LogP contribution in [0.15, 0.2) is 48.5 Å². The van der Waals surface area contributed by atoms with Gasteiger partial charge in [0.15, 0.2) is 0 Å². The van der Waals surface area contributed by atoms with Gasteiger partial charge in [-0.05, 0) is 38.1 Å². The molecule has 6 nitrogen and oxygen atoms in total. The van der Waals surface area contributed by atoms with Crippen molar-refractivity contribution in [3.8, 4) is 5.75 Å². The zero-order chi connectivity index (χ0) is 19.1. The predicted octanol–water partition coefficient (Wildman–Crippen LogP) is 3.82. The fraction of sp³-hybridized carbons (Fsp3) is 0.238. The van der Waals surface area contributed by atoms with Gasteiger partial charge in [-0.2, -0.15) is 5.10 Å². The lowest BCUT2D eigenvalue weighted by atomic mass is 10.0. The fourth-order valence-corrected chi connectivity index (χ4v) is 3.72. The Hall–Kier alpha value is -3.28. The van der Waals surface area contributed by atoms with Crippen molar-refractivity contribution in [1.29, 1.82) is 0 Å². The Kier molecular flexibility index (Phi) is 4.11. The summed E-state index contributed by atoms with van der Waals surface area (Å²) in [6.07, 6.45) is -0.377. The van der Waals surface area contributed by atoms with E-state index in [2.05, 4.69) is 10.4 Å². The van der Waals surface area contributed by atoms with Crippen LogP contribution in [0.1, 0.15) is 33.5 Å². The molecule has 2 heterocycles. The predicted molar refractivity (Wildman–Crippen MR) is 105 cm³/mol. The second-order valence-corrected chi connectivity index (χ2v) is 6.65. The number of anilines is 2. The molecule has 0 saturated carbocycles. The first kappa shape index (κ1) is 17.1. The Balaban J connectivity index is 1.95. The number of hydrogen-bond donors (Lipinski definition) is 1.